The molecule has 0 bridgehead atoms. The van der Waals surface area contributed by atoms with Gasteiger partial charge >= 0.3 is 0 Å². The van der Waals surface area contributed by atoms with Gasteiger partial charge in [0.25, 0.3) is 5.91 Å². The van der Waals surface area contributed by atoms with E-state index in [0.717, 1.165) is 4.88 Å². The Kier molecular flexibility index (Phi) is 7.36. The first kappa shape index (κ1) is 21.0. The molecule has 3 aromatic rings. The van der Waals surface area contributed by atoms with Crippen LogP contribution in [0.25, 0.3) is 0 Å². The third-order valence-electron chi connectivity index (χ3n) is 4.18. The molecule has 0 saturated heterocycles. The van der Waals surface area contributed by atoms with E-state index in [1.807, 2.05) is 31.4 Å². The summed E-state index contributed by atoms with van der Waals surface area (Å²) in [5.74, 6) is 0.00907. The summed E-state index contributed by atoms with van der Waals surface area (Å²) < 4.78 is 1.68. The molecular formula is C19H22N6O2S2. The van der Waals surface area contributed by atoms with E-state index in [2.05, 4.69) is 20.8 Å². The highest BCUT2D eigenvalue weighted by Crippen LogP contribution is 2.18. The van der Waals surface area contributed by atoms with E-state index in [1.54, 1.807) is 45.2 Å². The van der Waals surface area contributed by atoms with Crippen molar-refractivity contribution in [1.82, 2.24) is 25.1 Å². The van der Waals surface area contributed by atoms with E-state index < -0.39 is 0 Å². The van der Waals surface area contributed by atoms with Crippen molar-refractivity contribution in [3.63, 3.8) is 0 Å². The van der Waals surface area contributed by atoms with E-state index in [4.69, 9.17) is 0 Å². The number of thiophene rings is 1. The standard InChI is InChI=1S/C19H22N6O2S2/c1-3-24(4-2)18(27)14-7-9-15(10-8-14)20-17(26)13-29-19-21-22-23-25(19)12-16-6-5-11-28-16/h5-11H,3-4,12-13H2,1-2H3,(H,20,26). The molecule has 0 aliphatic heterocycles. The van der Waals surface area contributed by atoms with Crippen LogP contribution in [-0.4, -0.2) is 55.8 Å². The predicted octanol–water partition coefficient (Wildman–Crippen LogP) is 3.00. The topological polar surface area (TPSA) is 93.0 Å². The zero-order chi connectivity index (χ0) is 20.6. The second kappa shape index (κ2) is 10.2. The van der Waals surface area contributed by atoms with Gasteiger partial charge in [-0.1, -0.05) is 17.8 Å². The van der Waals surface area contributed by atoms with E-state index in [0.29, 0.717) is 36.0 Å². The Bertz CT molecular complexity index is 936. The molecule has 0 spiro atoms. The van der Waals surface area contributed by atoms with Crippen molar-refractivity contribution in [2.45, 2.75) is 25.5 Å². The Morgan fingerprint density at radius 3 is 2.59 bits per heavy atom. The highest BCUT2D eigenvalue weighted by molar-refractivity contribution is 7.99. The largest absolute Gasteiger partial charge is 0.339 e. The number of nitrogens with one attached hydrogen (secondary N) is 1. The van der Waals surface area contributed by atoms with E-state index in [1.165, 1.54) is 11.8 Å². The fourth-order valence-electron chi connectivity index (χ4n) is 2.67. The van der Waals surface area contributed by atoms with Crippen LogP contribution in [0.3, 0.4) is 0 Å². The third kappa shape index (κ3) is 5.64. The van der Waals surface area contributed by atoms with Crippen molar-refractivity contribution in [3.8, 4) is 0 Å². The minimum absolute atomic E-state index is 0.0130. The molecule has 0 atom stereocenters. The van der Waals surface area contributed by atoms with Crippen molar-refractivity contribution in [3.05, 3.63) is 52.2 Å². The minimum atomic E-state index is -0.163. The highest BCUT2D eigenvalue weighted by atomic mass is 32.2. The number of rotatable bonds is 9. The van der Waals surface area contributed by atoms with Gasteiger partial charge < -0.3 is 10.2 Å². The number of amides is 2. The Labute approximate surface area is 177 Å². The molecule has 1 aromatic carbocycles. The molecule has 3 rings (SSSR count). The first-order valence-electron chi connectivity index (χ1n) is 9.21. The van der Waals surface area contributed by atoms with Crippen LogP contribution >= 0.6 is 23.1 Å². The molecule has 2 heterocycles. The maximum Gasteiger partial charge on any atom is 0.253 e. The lowest BCUT2D eigenvalue weighted by Crippen LogP contribution is -2.30. The predicted molar refractivity (Wildman–Crippen MR) is 114 cm³/mol. The number of nitrogens with zero attached hydrogens (tertiary/aromatic N) is 5. The lowest BCUT2D eigenvalue weighted by Gasteiger charge is -2.18. The first-order chi connectivity index (χ1) is 14.1. The normalized spacial score (nSPS) is 10.7. The monoisotopic (exact) mass is 430 g/mol. The van der Waals surface area contributed by atoms with Gasteiger partial charge in [-0.25, -0.2) is 4.68 Å². The van der Waals surface area contributed by atoms with Crippen LogP contribution in [0.4, 0.5) is 5.69 Å². The Morgan fingerprint density at radius 1 is 1.17 bits per heavy atom. The number of anilines is 1. The number of hydrogen-bond donors (Lipinski definition) is 1. The smallest absolute Gasteiger partial charge is 0.253 e. The van der Waals surface area contributed by atoms with Gasteiger partial charge in [0.1, 0.15) is 0 Å². The average molecular weight is 431 g/mol. The molecule has 1 N–H and O–H groups in total. The fourth-order valence-corrected chi connectivity index (χ4v) is 4.03. The molecule has 0 unspecified atom stereocenters. The van der Waals surface area contributed by atoms with Crippen LogP contribution in [-0.2, 0) is 11.3 Å². The van der Waals surface area contributed by atoms with Crippen molar-refractivity contribution < 1.29 is 9.59 Å². The van der Waals surface area contributed by atoms with Crippen LogP contribution in [0.15, 0.2) is 46.9 Å². The van der Waals surface area contributed by atoms with E-state index >= 15 is 0 Å². The summed E-state index contributed by atoms with van der Waals surface area (Å²) in [6, 6.07) is 10.9. The highest BCUT2D eigenvalue weighted by Gasteiger charge is 2.13. The summed E-state index contributed by atoms with van der Waals surface area (Å²) in [5.41, 5.74) is 1.25. The first-order valence-corrected chi connectivity index (χ1v) is 11.1. The second-order valence-electron chi connectivity index (χ2n) is 6.09. The number of benzene rings is 1. The van der Waals surface area contributed by atoms with Crippen LogP contribution in [0.1, 0.15) is 29.1 Å². The molecule has 0 aliphatic carbocycles. The quantitative estimate of drug-likeness (QED) is 0.525. The summed E-state index contributed by atoms with van der Waals surface area (Å²) >= 11 is 2.91. The maximum absolute atomic E-state index is 12.3. The van der Waals surface area contributed by atoms with Gasteiger partial charge in [-0.05, 0) is 60.0 Å². The van der Waals surface area contributed by atoms with Gasteiger partial charge in [-0.2, -0.15) is 0 Å². The third-order valence-corrected chi connectivity index (χ3v) is 6.00. The number of aromatic nitrogens is 4. The molecule has 8 nitrogen and oxygen atoms in total. The molecule has 0 aliphatic rings. The maximum atomic E-state index is 12.3. The van der Waals surface area contributed by atoms with Crippen LogP contribution in [0.5, 0.6) is 0 Å². The number of tetrazole rings is 1. The van der Waals surface area contributed by atoms with Crippen molar-refractivity contribution in [1.29, 1.82) is 0 Å². The molecule has 29 heavy (non-hydrogen) atoms. The van der Waals surface area contributed by atoms with Gasteiger partial charge in [0.2, 0.25) is 11.1 Å². The zero-order valence-electron chi connectivity index (χ0n) is 16.2. The average Bonchev–Trinajstić information content (AvgIpc) is 3.40. The number of carbonyl (C=O) groups is 2. The fraction of sp³-hybridized carbons (Fsp3) is 0.316. The summed E-state index contributed by atoms with van der Waals surface area (Å²) in [6.45, 7) is 5.81. The summed E-state index contributed by atoms with van der Waals surface area (Å²) in [6.07, 6.45) is 0. The van der Waals surface area contributed by atoms with Gasteiger partial charge in [0.15, 0.2) is 0 Å². The minimum Gasteiger partial charge on any atom is -0.339 e. The molecule has 0 saturated carbocycles. The summed E-state index contributed by atoms with van der Waals surface area (Å²) in [5, 5.41) is 17.1. The molecule has 2 amide bonds. The molecule has 10 heteroatoms. The molecule has 0 radical (unpaired) electrons. The zero-order valence-corrected chi connectivity index (χ0v) is 17.9. The van der Waals surface area contributed by atoms with Crippen molar-refractivity contribution in [2.24, 2.45) is 0 Å². The Balaban J connectivity index is 1.52. The SMILES string of the molecule is CCN(CC)C(=O)c1ccc(NC(=O)CSc2nnnn2Cc2cccs2)cc1. The second-order valence-corrected chi connectivity index (χ2v) is 8.06. The Hall–Kier alpha value is -2.72. The van der Waals surface area contributed by atoms with Crippen LogP contribution in [0.2, 0.25) is 0 Å². The van der Waals surface area contributed by atoms with Gasteiger partial charge in [-0.15, -0.1) is 16.4 Å². The van der Waals surface area contributed by atoms with Gasteiger partial charge in [0, 0.05) is 29.2 Å². The Morgan fingerprint density at radius 2 is 1.93 bits per heavy atom. The summed E-state index contributed by atoms with van der Waals surface area (Å²) in [7, 11) is 0. The van der Waals surface area contributed by atoms with Gasteiger partial charge in [0.05, 0.1) is 12.3 Å². The number of carbonyl (C=O) groups excluding carboxylic acids is 2. The van der Waals surface area contributed by atoms with Gasteiger partial charge in [-0.3, -0.25) is 9.59 Å². The molecule has 2 aromatic heterocycles. The summed E-state index contributed by atoms with van der Waals surface area (Å²) in [4.78, 5) is 27.5. The van der Waals surface area contributed by atoms with Crippen molar-refractivity contribution in [2.75, 3.05) is 24.2 Å². The number of thioether (sulfide) groups is 1. The van der Waals surface area contributed by atoms with E-state index in [9.17, 15) is 9.59 Å². The molecular weight excluding hydrogens is 408 g/mol. The lowest BCUT2D eigenvalue weighted by atomic mass is 10.2. The molecule has 0 fully saturated rings. The van der Waals surface area contributed by atoms with Crippen molar-refractivity contribution >= 4 is 40.6 Å². The van der Waals surface area contributed by atoms with Crippen LogP contribution in [0, 0.1) is 0 Å². The lowest BCUT2D eigenvalue weighted by molar-refractivity contribution is -0.113. The van der Waals surface area contributed by atoms with E-state index in [-0.39, 0.29) is 17.6 Å². The molecule has 152 valence electrons. The van der Waals surface area contributed by atoms with Crippen LogP contribution < -0.4 is 5.32 Å². The number of hydrogen-bond acceptors (Lipinski definition) is 7.